The Hall–Kier alpha value is -2.50. The summed E-state index contributed by atoms with van der Waals surface area (Å²) in [6.45, 7) is 9.44. The number of fused-ring (bicyclic) bond motifs is 1. The molecule has 0 saturated carbocycles. The number of aliphatic hydroxyl groups is 2. The van der Waals surface area contributed by atoms with Crippen molar-refractivity contribution < 1.29 is 42.1 Å². The van der Waals surface area contributed by atoms with Gasteiger partial charge in [-0.3, -0.25) is 9.59 Å². The monoisotopic (exact) mass is 542 g/mol. The number of aromatic nitrogens is 1. The summed E-state index contributed by atoms with van der Waals surface area (Å²) in [6.07, 6.45) is -5.44. The van der Waals surface area contributed by atoms with E-state index in [2.05, 4.69) is 10.3 Å². The van der Waals surface area contributed by atoms with E-state index in [0.29, 0.717) is 17.2 Å². The molecule has 2 aliphatic heterocycles. The van der Waals surface area contributed by atoms with Crippen LogP contribution in [-0.2, 0) is 14.3 Å². The Kier molecular flexibility index (Phi) is 8.95. The molecular formula is C27H37F3N2O6. The highest BCUT2D eigenvalue weighted by Crippen LogP contribution is 2.38. The Morgan fingerprint density at radius 3 is 2.45 bits per heavy atom. The van der Waals surface area contributed by atoms with Gasteiger partial charge in [-0.15, -0.1) is 0 Å². The van der Waals surface area contributed by atoms with Crippen LogP contribution in [0.1, 0.15) is 65.5 Å². The maximum Gasteiger partial charge on any atom is 0.412 e. The van der Waals surface area contributed by atoms with Gasteiger partial charge in [0, 0.05) is 36.9 Å². The number of aliphatic hydroxyl groups excluding tert-OH is 2. The summed E-state index contributed by atoms with van der Waals surface area (Å²) in [5.41, 5.74) is -1.30. The third-order valence-electron chi connectivity index (χ3n) is 7.77. The van der Waals surface area contributed by atoms with Gasteiger partial charge in [-0.05, 0) is 30.9 Å². The van der Waals surface area contributed by atoms with Crippen molar-refractivity contribution in [2.75, 3.05) is 0 Å². The maximum absolute atomic E-state index is 13.9. The highest BCUT2D eigenvalue weighted by molar-refractivity contribution is 5.88. The number of cyclic esters (lactones) is 1. The van der Waals surface area contributed by atoms with Gasteiger partial charge in [-0.1, -0.05) is 33.8 Å². The molecular weight excluding hydrogens is 505 g/mol. The van der Waals surface area contributed by atoms with Gasteiger partial charge in [-0.2, -0.15) is 13.2 Å². The minimum atomic E-state index is -4.61. The normalized spacial score (nSPS) is 33.8. The molecule has 3 heterocycles. The summed E-state index contributed by atoms with van der Waals surface area (Å²) >= 11 is 0. The second-order valence-electron chi connectivity index (χ2n) is 11.1. The topological polar surface area (TPSA) is 132 Å². The number of alkyl halides is 3. The second-order valence-corrected chi connectivity index (χ2v) is 11.1. The molecule has 0 radical (unpaired) electrons. The van der Waals surface area contributed by atoms with Gasteiger partial charge in [0.05, 0.1) is 24.0 Å². The highest BCUT2D eigenvalue weighted by atomic mass is 19.4. The Bertz CT molecular complexity index is 1090. The van der Waals surface area contributed by atoms with E-state index < -0.39 is 77.6 Å². The number of hydrogen-bond donors (Lipinski definition) is 3. The number of aryl methyl sites for hydroxylation is 1. The Labute approximate surface area is 220 Å². The van der Waals surface area contributed by atoms with Crippen LogP contribution in [0.15, 0.2) is 27.9 Å². The lowest BCUT2D eigenvalue weighted by Gasteiger charge is -2.34. The number of nitrogens with one attached hydrogen (secondary N) is 1. The van der Waals surface area contributed by atoms with Gasteiger partial charge in [0.1, 0.15) is 23.8 Å². The number of carbonyl (C=O) groups is 2. The molecule has 0 aromatic carbocycles. The average molecular weight is 543 g/mol. The van der Waals surface area contributed by atoms with E-state index in [1.54, 1.807) is 26.8 Å². The first-order valence-electron chi connectivity index (χ1n) is 12.7. The van der Waals surface area contributed by atoms with Gasteiger partial charge in [0.2, 0.25) is 0 Å². The van der Waals surface area contributed by atoms with E-state index in [1.807, 2.05) is 0 Å². The number of ketones is 1. The number of nitrogens with zero attached hydrogens (tertiary/aromatic N) is 1. The fourth-order valence-electron chi connectivity index (χ4n) is 4.99. The van der Waals surface area contributed by atoms with E-state index in [-0.39, 0.29) is 12.8 Å². The van der Waals surface area contributed by atoms with Crippen molar-refractivity contribution in [1.82, 2.24) is 10.3 Å². The number of halogens is 3. The molecule has 212 valence electrons. The molecule has 2 aliphatic rings. The first-order valence-corrected chi connectivity index (χ1v) is 12.7. The summed E-state index contributed by atoms with van der Waals surface area (Å²) in [5, 5.41) is 24.7. The average Bonchev–Trinajstić information content (AvgIpc) is 3.48. The fourth-order valence-corrected chi connectivity index (χ4v) is 4.99. The van der Waals surface area contributed by atoms with Crippen LogP contribution in [0.3, 0.4) is 0 Å². The summed E-state index contributed by atoms with van der Waals surface area (Å²) in [4.78, 5) is 30.2. The van der Waals surface area contributed by atoms with Crippen LogP contribution >= 0.6 is 0 Å². The largest absolute Gasteiger partial charge is 0.457 e. The highest BCUT2D eigenvalue weighted by Gasteiger charge is 2.49. The number of oxazole rings is 1. The number of rotatable bonds is 2. The third-order valence-corrected chi connectivity index (χ3v) is 7.77. The Balaban J connectivity index is 1.98. The second kappa shape index (κ2) is 11.3. The maximum atomic E-state index is 13.9. The number of hydrogen-bond acceptors (Lipinski definition) is 8. The standard InChI is InChI=1S/C27H37F3N2O6/c1-13(9-18-12-37-16(4)31-18)20-8-7-17(27(28,29)30)10-19-23(32-19)14(2)24(35)15(3)25(36)26(5,6)21(33)11-22(34)38-20/h7,9,12,14-15,19-21,23-24,32-33,35H,8,10-11H2,1-6H3/t14-,15+,19?,20-,21-,23?,24-/m0/s1. The van der Waals surface area contributed by atoms with Gasteiger partial charge >= 0.3 is 12.1 Å². The van der Waals surface area contributed by atoms with Crippen LogP contribution in [-0.4, -0.2) is 63.5 Å². The van der Waals surface area contributed by atoms with Crippen molar-refractivity contribution in [2.24, 2.45) is 17.3 Å². The molecule has 38 heavy (non-hydrogen) atoms. The van der Waals surface area contributed by atoms with Gasteiger partial charge in [0.15, 0.2) is 5.89 Å². The predicted octanol–water partition coefficient (Wildman–Crippen LogP) is 3.90. The zero-order chi connectivity index (χ0) is 28.6. The lowest BCUT2D eigenvalue weighted by molar-refractivity contribution is -0.154. The predicted molar refractivity (Wildman–Crippen MR) is 133 cm³/mol. The lowest BCUT2D eigenvalue weighted by atomic mass is 9.73. The van der Waals surface area contributed by atoms with Crippen LogP contribution in [0.25, 0.3) is 6.08 Å². The minimum Gasteiger partial charge on any atom is -0.457 e. The molecule has 7 atom stereocenters. The molecule has 1 aromatic heterocycles. The van der Waals surface area contributed by atoms with Crippen molar-refractivity contribution in [3.63, 3.8) is 0 Å². The van der Waals surface area contributed by atoms with Crippen LogP contribution < -0.4 is 5.32 Å². The quantitative estimate of drug-likeness (QED) is 0.291. The molecule has 0 bridgehead atoms. The van der Waals surface area contributed by atoms with Crippen LogP contribution in [0.4, 0.5) is 13.2 Å². The van der Waals surface area contributed by atoms with E-state index in [1.165, 1.54) is 27.0 Å². The fraction of sp³-hybridized carbons (Fsp3) is 0.667. The van der Waals surface area contributed by atoms with E-state index >= 15 is 0 Å². The third kappa shape index (κ3) is 6.92. The number of carbonyl (C=O) groups excluding carboxylic acids is 2. The molecule has 1 fully saturated rings. The molecule has 0 spiro atoms. The number of Topliss-reactive ketones (excluding diaryl/α,β-unsaturated/α-hetero) is 1. The van der Waals surface area contributed by atoms with Gasteiger partial charge < -0.3 is 24.7 Å². The molecule has 0 amide bonds. The molecule has 0 aliphatic carbocycles. The SMILES string of the molecule is CC(=Cc1coc(C)n1)[C@@H]1CC=C(C(F)(F)F)CC2NC2[C@H](C)[C@H](O)[C@@H](C)C(=O)C(C)(C)[C@@H](O)CC(=O)O1. The van der Waals surface area contributed by atoms with Crippen molar-refractivity contribution >= 4 is 17.8 Å². The van der Waals surface area contributed by atoms with Crippen molar-refractivity contribution in [2.45, 2.75) is 97.4 Å². The minimum absolute atomic E-state index is 0.259. The summed E-state index contributed by atoms with van der Waals surface area (Å²) in [5.74, 6) is -2.35. The van der Waals surface area contributed by atoms with E-state index in [4.69, 9.17) is 9.15 Å². The summed E-state index contributed by atoms with van der Waals surface area (Å²) < 4.78 is 52.5. The first-order chi connectivity index (χ1) is 17.5. The number of esters is 1. The lowest BCUT2D eigenvalue weighted by Crippen LogP contribution is -2.46. The zero-order valence-corrected chi connectivity index (χ0v) is 22.5. The van der Waals surface area contributed by atoms with E-state index in [9.17, 15) is 33.0 Å². The molecule has 11 heteroatoms. The Morgan fingerprint density at radius 1 is 1.21 bits per heavy atom. The first kappa shape index (κ1) is 30.0. The molecule has 8 nitrogen and oxygen atoms in total. The van der Waals surface area contributed by atoms with Crippen LogP contribution in [0.2, 0.25) is 0 Å². The van der Waals surface area contributed by atoms with Crippen LogP contribution in [0, 0.1) is 24.2 Å². The molecule has 2 unspecified atom stereocenters. The van der Waals surface area contributed by atoms with Crippen LogP contribution in [0.5, 0.6) is 0 Å². The van der Waals surface area contributed by atoms with Gasteiger partial charge in [-0.25, -0.2) is 4.98 Å². The zero-order valence-electron chi connectivity index (χ0n) is 22.5. The van der Waals surface area contributed by atoms with Crippen molar-refractivity contribution in [3.05, 3.63) is 35.1 Å². The molecule has 3 rings (SSSR count). The molecule has 1 saturated heterocycles. The number of ether oxygens (including phenoxy) is 1. The van der Waals surface area contributed by atoms with Crippen molar-refractivity contribution in [1.29, 1.82) is 0 Å². The van der Waals surface area contributed by atoms with Gasteiger partial charge in [0.25, 0.3) is 0 Å². The molecule has 1 aromatic rings. The molecule has 3 N–H and O–H groups in total. The van der Waals surface area contributed by atoms with Crippen molar-refractivity contribution in [3.8, 4) is 0 Å². The van der Waals surface area contributed by atoms with E-state index in [0.717, 1.165) is 6.08 Å². The smallest absolute Gasteiger partial charge is 0.412 e. The Morgan fingerprint density at radius 2 is 1.87 bits per heavy atom. The summed E-state index contributed by atoms with van der Waals surface area (Å²) in [6, 6.07) is -0.935. The summed E-state index contributed by atoms with van der Waals surface area (Å²) in [7, 11) is 0.